The van der Waals surface area contributed by atoms with Gasteiger partial charge in [-0.2, -0.15) is 0 Å². The van der Waals surface area contributed by atoms with Gasteiger partial charge in [0.05, 0.1) is 5.56 Å². The van der Waals surface area contributed by atoms with Gasteiger partial charge in [0, 0.05) is 21.2 Å². The van der Waals surface area contributed by atoms with Crippen molar-refractivity contribution in [1.82, 2.24) is 0 Å². The fraction of sp³-hybridized carbons (Fsp3) is 0.167. The molecule has 124 valence electrons. The molecule has 5 nitrogen and oxygen atoms in total. The summed E-state index contributed by atoms with van der Waals surface area (Å²) in [6, 6.07) is 13.4. The molecule has 0 radical (unpaired) electrons. The molecule has 0 bridgehead atoms. The van der Waals surface area contributed by atoms with E-state index in [0.29, 0.717) is 23.2 Å². The third-order valence-corrected chi connectivity index (χ3v) is 3.88. The monoisotopic (exact) mass is 437 g/mol. The Morgan fingerprint density at radius 2 is 1.75 bits per heavy atom. The lowest BCUT2D eigenvalue weighted by molar-refractivity contribution is -0.115. The SMILES string of the molecule is CCC(=O)Nc1ccc(C(=O)COC(=O)c2cccc(I)c2)cc1. The first-order valence-electron chi connectivity index (χ1n) is 7.35. The zero-order valence-corrected chi connectivity index (χ0v) is 15.2. The Labute approximate surface area is 153 Å². The van der Waals surface area contributed by atoms with E-state index in [1.807, 2.05) is 6.07 Å². The Morgan fingerprint density at radius 3 is 2.38 bits per heavy atom. The number of carbonyl (C=O) groups is 3. The summed E-state index contributed by atoms with van der Waals surface area (Å²) < 4.78 is 5.96. The van der Waals surface area contributed by atoms with Crippen LogP contribution in [-0.4, -0.2) is 24.3 Å². The van der Waals surface area contributed by atoms with E-state index in [4.69, 9.17) is 4.74 Å². The first-order valence-corrected chi connectivity index (χ1v) is 8.43. The number of anilines is 1. The van der Waals surface area contributed by atoms with Crippen molar-refractivity contribution in [2.24, 2.45) is 0 Å². The van der Waals surface area contributed by atoms with E-state index in [-0.39, 0.29) is 18.3 Å². The van der Waals surface area contributed by atoms with Gasteiger partial charge in [-0.1, -0.05) is 13.0 Å². The molecule has 0 saturated carbocycles. The van der Waals surface area contributed by atoms with Gasteiger partial charge in [0.1, 0.15) is 0 Å². The molecule has 0 aromatic heterocycles. The van der Waals surface area contributed by atoms with Crippen molar-refractivity contribution < 1.29 is 19.1 Å². The van der Waals surface area contributed by atoms with E-state index < -0.39 is 5.97 Å². The van der Waals surface area contributed by atoms with Crippen molar-refractivity contribution >= 4 is 45.9 Å². The summed E-state index contributed by atoms with van der Waals surface area (Å²) in [7, 11) is 0. The molecule has 6 heteroatoms. The molecule has 2 aromatic carbocycles. The number of amides is 1. The molecule has 0 aliphatic heterocycles. The first kappa shape index (κ1) is 18.1. The van der Waals surface area contributed by atoms with E-state index in [1.54, 1.807) is 49.4 Å². The lowest BCUT2D eigenvalue weighted by Crippen LogP contribution is -2.14. The fourth-order valence-corrected chi connectivity index (χ4v) is 2.45. The van der Waals surface area contributed by atoms with Crippen LogP contribution in [0.25, 0.3) is 0 Å². The molecular formula is C18H16INO4. The highest BCUT2D eigenvalue weighted by Gasteiger charge is 2.12. The number of benzene rings is 2. The molecule has 0 unspecified atom stereocenters. The average molecular weight is 437 g/mol. The highest BCUT2D eigenvalue weighted by molar-refractivity contribution is 14.1. The van der Waals surface area contributed by atoms with Crippen molar-refractivity contribution in [3.05, 3.63) is 63.2 Å². The molecule has 0 saturated heterocycles. The largest absolute Gasteiger partial charge is 0.454 e. The topological polar surface area (TPSA) is 72.5 Å². The number of Topliss-reactive ketones (excluding diaryl/α,β-unsaturated/α-hetero) is 1. The molecule has 2 aromatic rings. The summed E-state index contributed by atoms with van der Waals surface area (Å²) in [5.74, 6) is -0.934. The minimum Gasteiger partial charge on any atom is -0.454 e. The number of esters is 1. The molecule has 0 aliphatic carbocycles. The van der Waals surface area contributed by atoms with Gasteiger partial charge in [-0.15, -0.1) is 0 Å². The molecule has 0 spiro atoms. The smallest absolute Gasteiger partial charge is 0.338 e. The summed E-state index contributed by atoms with van der Waals surface area (Å²) in [4.78, 5) is 35.3. The first-order chi connectivity index (χ1) is 11.5. The number of hydrogen-bond acceptors (Lipinski definition) is 4. The van der Waals surface area contributed by atoms with Crippen LogP contribution in [-0.2, 0) is 9.53 Å². The van der Waals surface area contributed by atoms with E-state index in [1.165, 1.54) is 0 Å². The maximum absolute atomic E-state index is 12.1. The molecule has 0 aliphatic rings. The third-order valence-electron chi connectivity index (χ3n) is 3.21. The van der Waals surface area contributed by atoms with Crippen LogP contribution in [0.15, 0.2) is 48.5 Å². The van der Waals surface area contributed by atoms with Crippen molar-refractivity contribution in [1.29, 1.82) is 0 Å². The van der Waals surface area contributed by atoms with Crippen LogP contribution in [0.4, 0.5) is 5.69 Å². The summed E-state index contributed by atoms with van der Waals surface area (Å²) in [5.41, 5.74) is 1.45. The van der Waals surface area contributed by atoms with E-state index in [0.717, 1.165) is 3.57 Å². The molecule has 0 atom stereocenters. The quantitative estimate of drug-likeness (QED) is 0.425. The van der Waals surface area contributed by atoms with Crippen molar-refractivity contribution in [2.75, 3.05) is 11.9 Å². The Hall–Kier alpha value is -2.22. The highest BCUT2D eigenvalue weighted by atomic mass is 127. The molecule has 0 heterocycles. The van der Waals surface area contributed by atoms with E-state index in [9.17, 15) is 14.4 Å². The Balaban J connectivity index is 1.92. The van der Waals surface area contributed by atoms with Crippen LogP contribution in [0.1, 0.15) is 34.1 Å². The number of carbonyl (C=O) groups excluding carboxylic acids is 3. The minimum absolute atomic E-state index is 0.0968. The van der Waals surface area contributed by atoms with Gasteiger partial charge in [-0.3, -0.25) is 9.59 Å². The maximum Gasteiger partial charge on any atom is 0.338 e. The Morgan fingerprint density at radius 1 is 1.04 bits per heavy atom. The highest BCUT2D eigenvalue weighted by Crippen LogP contribution is 2.12. The van der Waals surface area contributed by atoms with Gasteiger partial charge in [0.15, 0.2) is 12.4 Å². The van der Waals surface area contributed by atoms with Crippen LogP contribution < -0.4 is 5.32 Å². The summed E-state index contributed by atoms with van der Waals surface area (Å²) in [6.45, 7) is 1.43. The average Bonchev–Trinajstić information content (AvgIpc) is 2.59. The van der Waals surface area contributed by atoms with E-state index >= 15 is 0 Å². The van der Waals surface area contributed by atoms with Gasteiger partial charge in [0.25, 0.3) is 0 Å². The minimum atomic E-state index is -0.534. The third kappa shape index (κ3) is 5.16. The summed E-state index contributed by atoms with van der Waals surface area (Å²) in [5, 5.41) is 2.70. The van der Waals surface area contributed by atoms with Crippen LogP contribution >= 0.6 is 22.6 Å². The summed E-state index contributed by atoms with van der Waals surface area (Å²) >= 11 is 2.10. The Bertz CT molecular complexity index is 756. The van der Waals surface area contributed by atoms with Gasteiger partial charge in [-0.25, -0.2) is 4.79 Å². The number of ketones is 1. The van der Waals surface area contributed by atoms with E-state index in [2.05, 4.69) is 27.9 Å². The van der Waals surface area contributed by atoms with Crippen molar-refractivity contribution in [2.45, 2.75) is 13.3 Å². The predicted molar refractivity (Wildman–Crippen MR) is 99.1 cm³/mol. The lowest BCUT2D eigenvalue weighted by Gasteiger charge is -2.06. The summed E-state index contributed by atoms with van der Waals surface area (Å²) in [6.07, 6.45) is 0.384. The molecule has 2 rings (SSSR count). The second-order valence-electron chi connectivity index (χ2n) is 4.99. The van der Waals surface area contributed by atoms with Gasteiger partial charge in [-0.05, 0) is 65.1 Å². The predicted octanol–water partition coefficient (Wildman–Crippen LogP) is 3.68. The Kier molecular flexibility index (Phi) is 6.48. The van der Waals surface area contributed by atoms with Crippen LogP contribution in [0.2, 0.25) is 0 Å². The standard InChI is InChI=1S/C18H16INO4/c1-2-17(22)20-15-8-6-12(7-9-15)16(21)11-24-18(23)13-4-3-5-14(19)10-13/h3-10H,2,11H2,1H3,(H,20,22). The maximum atomic E-state index is 12.1. The number of hydrogen-bond donors (Lipinski definition) is 1. The second-order valence-corrected chi connectivity index (χ2v) is 6.23. The zero-order valence-electron chi connectivity index (χ0n) is 13.0. The molecule has 0 fully saturated rings. The number of ether oxygens (including phenoxy) is 1. The van der Waals surface area contributed by atoms with Crippen LogP contribution in [0.5, 0.6) is 0 Å². The second kappa shape index (κ2) is 8.58. The van der Waals surface area contributed by atoms with Crippen molar-refractivity contribution in [3.8, 4) is 0 Å². The number of rotatable bonds is 6. The van der Waals surface area contributed by atoms with Crippen molar-refractivity contribution in [3.63, 3.8) is 0 Å². The molecular weight excluding hydrogens is 421 g/mol. The van der Waals surface area contributed by atoms with Gasteiger partial charge >= 0.3 is 5.97 Å². The normalized spacial score (nSPS) is 10.1. The molecule has 1 N–H and O–H groups in total. The fourth-order valence-electron chi connectivity index (χ4n) is 1.90. The van der Waals surface area contributed by atoms with Gasteiger partial charge < -0.3 is 10.1 Å². The van der Waals surface area contributed by atoms with Crippen LogP contribution in [0.3, 0.4) is 0 Å². The molecule has 1 amide bonds. The van der Waals surface area contributed by atoms with Gasteiger partial charge in [0.2, 0.25) is 5.91 Å². The molecule has 24 heavy (non-hydrogen) atoms. The number of halogens is 1. The zero-order chi connectivity index (χ0) is 17.5. The van der Waals surface area contributed by atoms with Crippen LogP contribution in [0, 0.1) is 3.57 Å². The lowest BCUT2D eigenvalue weighted by atomic mass is 10.1. The number of nitrogens with one attached hydrogen (secondary N) is 1.